The first-order valence-electron chi connectivity index (χ1n) is 2.66. The Morgan fingerprint density at radius 2 is 2.25 bits per heavy atom. The van der Waals surface area contributed by atoms with Gasteiger partial charge in [0, 0.05) is 6.54 Å². The quantitative estimate of drug-likeness (QED) is 0.459. The van der Waals surface area contributed by atoms with Gasteiger partial charge in [0.15, 0.2) is 0 Å². The Labute approximate surface area is 54.7 Å². The molecule has 3 heteroatoms. The van der Waals surface area contributed by atoms with Crippen LogP contribution in [0.25, 0.3) is 0 Å². The van der Waals surface area contributed by atoms with Crippen LogP contribution >= 0.6 is 12.2 Å². The topological polar surface area (TPSA) is 24.1 Å². The summed E-state index contributed by atoms with van der Waals surface area (Å²) in [6.07, 6.45) is 0. The van der Waals surface area contributed by atoms with Crippen LogP contribution in [0.3, 0.4) is 0 Å². The van der Waals surface area contributed by atoms with Crippen LogP contribution in [0.5, 0.6) is 0 Å². The van der Waals surface area contributed by atoms with E-state index in [4.69, 9.17) is 12.2 Å². The molecular weight excluding hydrogens is 120 g/mol. The predicted molar refractivity (Wildman–Crippen MR) is 37.8 cm³/mol. The smallest absolute Gasteiger partial charge is 0.0908 e. The molecule has 0 aromatic heterocycles. The molecule has 1 rings (SSSR count). The SMILES string of the molecule is CC1(C)NCC(=S)N1. The highest BCUT2D eigenvalue weighted by molar-refractivity contribution is 7.80. The lowest BCUT2D eigenvalue weighted by atomic mass is 10.3. The zero-order chi connectivity index (χ0) is 6.20. The monoisotopic (exact) mass is 130 g/mol. The maximum absolute atomic E-state index is 4.89. The summed E-state index contributed by atoms with van der Waals surface area (Å²) in [7, 11) is 0. The molecule has 0 aliphatic carbocycles. The normalized spacial score (nSPS) is 25.5. The lowest BCUT2D eigenvalue weighted by molar-refractivity contribution is 0.424. The summed E-state index contributed by atoms with van der Waals surface area (Å²) >= 11 is 4.89. The van der Waals surface area contributed by atoms with Crippen LogP contribution < -0.4 is 10.6 Å². The molecule has 0 bridgehead atoms. The van der Waals surface area contributed by atoms with E-state index in [2.05, 4.69) is 24.5 Å². The van der Waals surface area contributed by atoms with E-state index >= 15 is 0 Å². The molecule has 1 aliphatic heterocycles. The van der Waals surface area contributed by atoms with Crippen molar-refractivity contribution in [1.82, 2.24) is 10.6 Å². The lowest BCUT2D eigenvalue weighted by Gasteiger charge is -2.17. The molecular formula is C5H10N2S. The molecule has 0 saturated carbocycles. The van der Waals surface area contributed by atoms with E-state index in [1.165, 1.54) is 0 Å². The van der Waals surface area contributed by atoms with Crippen molar-refractivity contribution < 1.29 is 0 Å². The second-order valence-electron chi connectivity index (χ2n) is 2.53. The zero-order valence-corrected chi connectivity index (χ0v) is 5.93. The van der Waals surface area contributed by atoms with E-state index in [1.807, 2.05) is 0 Å². The van der Waals surface area contributed by atoms with Gasteiger partial charge in [-0.15, -0.1) is 0 Å². The van der Waals surface area contributed by atoms with Crippen LogP contribution in [0.2, 0.25) is 0 Å². The molecule has 0 radical (unpaired) electrons. The van der Waals surface area contributed by atoms with Gasteiger partial charge in [-0.05, 0) is 13.8 Å². The molecule has 0 atom stereocenters. The second-order valence-corrected chi connectivity index (χ2v) is 3.02. The van der Waals surface area contributed by atoms with Crippen molar-refractivity contribution in [3.05, 3.63) is 0 Å². The number of hydrogen-bond acceptors (Lipinski definition) is 2. The fourth-order valence-corrected chi connectivity index (χ4v) is 1.07. The second kappa shape index (κ2) is 1.67. The average molecular weight is 130 g/mol. The summed E-state index contributed by atoms with van der Waals surface area (Å²) in [5, 5.41) is 6.31. The minimum atomic E-state index is 0.0249. The molecule has 0 aromatic carbocycles. The van der Waals surface area contributed by atoms with Crippen molar-refractivity contribution in [2.75, 3.05) is 6.54 Å². The first kappa shape index (κ1) is 5.98. The van der Waals surface area contributed by atoms with Crippen LogP contribution in [0, 0.1) is 0 Å². The number of hydrogen-bond donors (Lipinski definition) is 2. The van der Waals surface area contributed by atoms with Crippen molar-refractivity contribution in [3.63, 3.8) is 0 Å². The largest absolute Gasteiger partial charge is 0.361 e. The van der Waals surface area contributed by atoms with Crippen molar-refractivity contribution in [1.29, 1.82) is 0 Å². The fourth-order valence-electron chi connectivity index (χ4n) is 0.738. The molecule has 2 N–H and O–H groups in total. The number of thiocarbonyl (C=S) groups is 1. The molecule has 1 fully saturated rings. The first-order chi connectivity index (χ1) is 3.60. The Morgan fingerprint density at radius 3 is 2.38 bits per heavy atom. The van der Waals surface area contributed by atoms with Gasteiger partial charge in [0.2, 0.25) is 0 Å². The van der Waals surface area contributed by atoms with Gasteiger partial charge in [-0.25, -0.2) is 0 Å². The molecule has 1 aliphatic rings. The third-order valence-corrected chi connectivity index (χ3v) is 1.39. The van der Waals surface area contributed by atoms with Gasteiger partial charge in [-0.3, -0.25) is 5.32 Å². The average Bonchev–Trinajstić information content (AvgIpc) is 1.82. The minimum Gasteiger partial charge on any atom is -0.361 e. The molecule has 0 unspecified atom stereocenters. The molecule has 1 saturated heterocycles. The van der Waals surface area contributed by atoms with E-state index in [9.17, 15) is 0 Å². The van der Waals surface area contributed by atoms with Crippen LogP contribution in [0.1, 0.15) is 13.8 Å². The Hall–Kier alpha value is -0.150. The summed E-state index contributed by atoms with van der Waals surface area (Å²) in [4.78, 5) is 0.912. The van der Waals surface area contributed by atoms with E-state index < -0.39 is 0 Å². The Balaban J connectivity index is 2.56. The predicted octanol–water partition coefficient (Wildman–Crippen LogP) is 0.243. The van der Waals surface area contributed by atoms with Gasteiger partial charge in [0.1, 0.15) is 0 Å². The molecule has 0 aromatic rings. The third-order valence-electron chi connectivity index (χ3n) is 1.14. The Morgan fingerprint density at radius 1 is 1.62 bits per heavy atom. The summed E-state index contributed by atoms with van der Waals surface area (Å²) in [5.41, 5.74) is 0.0249. The van der Waals surface area contributed by atoms with E-state index in [0.29, 0.717) is 0 Å². The maximum atomic E-state index is 4.89. The maximum Gasteiger partial charge on any atom is 0.0908 e. The van der Waals surface area contributed by atoms with Gasteiger partial charge in [-0.1, -0.05) is 12.2 Å². The highest BCUT2D eigenvalue weighted by Gasteiger charge is 2.23. The van der Waals surface area contributed by atoms with Crippen LogP contribution in [0.15, 0.2) is 0 Å². The summed E-state index contributed by atoms with van der Waals surface area (Å²) < 4.78 is 0. The molecule has 0 amide bonds. The molecule has 0 spiro atoms. The van der Waals surface area contributed by atoms with Crippen LogP contribution in [-0.2, 0) is 0 Å². The highest BCUT2D eigenvalue weighted by atomic mass is 32.1. The van der Waals surface area contributed by atoms with Gasteiger partial charge in [-0.2, -0.15) is 0 Å². The fraction of sp³-hybridized carbons (Fsp3) is 0.800. The summed E-state index contributed by atoms with van der Waals surface area (Å²) in [6.45, 7) is 4.95. The van der Waals surface area contributed by atoms with Gasteiger partial charge < -0.3 is 5.32 Å². The molecule has 1 heterocycles. The molecule has 46 valence electrons. The lowest BCUT2D eigenvalue weighted by Crippen LogP contribution is -2.42. The Kier molecular flexibility index (Phi) is 1.25. The summed E-state index contributed by atoms with van der Waals surface area (Å²) in [5.74, 6) is 0. The van der Waals surface area contributed by atoms with Gasteiger partial charge in [0.05, 0.1) is 10.7 Å². The highest BCUT2D eigenvalue weighted by Crippen LogP contribution is 2.01. The van der Waals surface area contributed by atoms with Crippen molar-refractivity contribution >= 4 is 17.2 Å². The van der Waals surface area contributed by atoms with Crippen LogP contribution in [0.4, 0.5) is 0 Å². The third kappa shape index (κ3) is 1.17. The van der Waals surface area contributed by atoms with E-state index in [1.54, 1.807) is 0 Å². The summed E-state index contributed by atoms with van der Waals surface area (Å²) in [6, 6.07) is 0. The Bertz CT molecular complexity index is 120. The zero-order valence-electron chi connectivity index (χ0n) is 5.12. The number of nitrogens with one attached hydrogen (secondary N) is 2. The minimum absolute atomic E-state index is 0.0249. The van der Waals surface area contributed by atoms with Gasteiger partial charge >= 0.3 is 0 Å². The van der Waals surface area contributed by atoms with E-state index in [-0.39, 0.29) is 5.66 Å². The standard InChI is InChI=1S/C5H10N2S/c1-5(2)6-3-4(8)7-5/h6H,3H2,1-2H3,(H,7,8). The van der Waals surface area contributed by atoms with Crippen molar-refractivity contribution in [2.45, 2.75) is 19.5 Å². The van der Waals surface area contributed by atoms with Crippen molar-refractivity contribution in [2.24, 2.45) is 0 Å². The number of rotatable bonds is 0. The van der Waals surface area contributed by atoms with Crippen LogP contribution in [-0.4, -0.2) is 17.2 Å². The van der Waals surface area contributed by atoms with Crippen molar-refractivity contribution in [3.8, 4) is 0 Å². The molecule has 2 nitrogen and oxygen atoms in total. The van der Waals surface area contributed by atoms with E-state index in [0.717, 1.165) is 11.5 Å². The van der Waals surface area contributed by atoms with Gasteiger partial charge in [0.25, 0.3) is 0 Å². The first-order valence-corrected chi connectivity index (χ1v) is 3.07. The molecule has 8 heavy (non-hydrogen) atoms.